The summed E-state index contributed by atoms with van der Waals surface area (Å²) in [5.74, 6) is -0.567. The molecule has 3 N–H and O–H groups in total. The van der Waals surface area contributed by atoms with Crippen LogP contribution in [0, 0.1) is 17.1 Å². The molecule has 1 aromatic heterocycles. The molecule has 3 aromatic carbocycles. The average Bonchev–Trinajstić information content (AvgIpc) is 2.80. The number of H-pyrrole nitrogens is 1. The Balaban J connectivity index is 1.64. The van der Waals surface area contributed by atoms with E-state index in [-0.39, 0.29) is 27.8 Å². The first-order valence-corrected chi connectivity index (χ1v) is 11.6. The Morgan fingerprint density at radius 2 is 1.68 bits per heavy atom. The Hall–Kier alpha value is -4.20. The predicted molar refractivity (Wildman–Crippen MR) is 127 cm³/mol. The maximum absolute atomic E-state index is 13.4. The first kappa shape index (κ1) is 23.0. The van der Waals surface area contributed by atoms with Crippen LogP contribution in [0.5, 0.6) is 0 Å². The van der Waals surface area contributed by atoms with Gasteiger partial charge in [-0.15, -0.1) is 0 Å². The van der Waals surface area contributed by atoms with Crippen molar-refractivity contribution in [3.05, 3.63) is 99.6 Å². The van der Waals surface area contributed by atoms with Crippen LogP contribution in [-0.4, -0.2) is 18.4 Å². The maximum atomic E-state index is 13.4. The molecule has 170 valence electrons. The molecule has 8 nitrogen and oxygen atoms in total. The Morgan fingerprint density at radius 3 is 2.32 bits per heavy atom. The van der Waals surface area contributed by atoms with E-state index in [0.29, 0.717) is 16.3 Å². The van der Waals surface area contributed by atoms with E-state index in [2.05, 4.69) is 20.0 Å². The Kier molecular flexibility index (Phi) is 6.32. The van der Waals surface area contributed by atoms with Crippen LogP contribution in [-0.2, 0) is 10.0 Å². The monoisotopic (exact) mass is 495 g/mol. The lowest BCUT2D eigenvalue weighted by atomic mass is 10.1. The molecular weight excluding hydrogens is 481 g/mol. The standard InChI is InChI=1S/C23H15ClFN5O3S/c24-15-6-10-17(11-7-15)27-23-28-21(20(13-26)22(31)29-23)14-4-8-18(9-5-14)30-34(32,33)19-3-1-2-16(25)12-19/h1-12,30H,(H2,27,28,29,31). The first-order chi connectivity index (χ1) is 16.2. The van der Waals surface area contributed by atoms with Gasteiger partial charge in [-0.05, 0) is 54.6 Å². The molecule has 0 spiro atoms. The zero-order valence-electron chi connectivity index (χ0n) is 17.2. The van der Waals surface area contributed by atoms with Gasteiger partial charge in [0.2, 0.25) is 5.95 Å². The van der Waals surface area contributed by atoms with E-state index in [0.717, 1.165) is 12.1 Å². The van der Waals surface area contributed by atoms with Crippen LogP contribution in [0.1, 0.15) is 5.56 Å². The Morgan fingerprint density at radius 1 is 1.00 bits per heavy atom. The third kappa shape index (κ3) is 5.06. The van der Waals surface area contributed by atoms with Crippen LogP contribution in [0.25, 0.3) is 11.3 Å². The van der Waals surface area contributed by atoms with Crippen molar-refractivity contribution in [2.45, 2.75) is 4.90 Å². The number of hydrogen-bond donors (Lipinski definition) is 3. The second-order valence-corrected chi connectivity index (χ2v) is 9.14. The molecular formula is C23H15ClFN5O3S. The zero-order valence-corrected chi connectivity index (χ0v) is 18.8. The zero-order chi connectivity index (χ0) is 24.3. The van der Waals surface area contributed by atoms with Gasteiger partial charge >= 0.3 is 0 Å². The Bertz CT molecular complexity index is 1560. The van der Waals surface area contributed by atoms with Gasteiger partial charge in [-0.25, -0.2) is 17.8 Å². The molecule has 0 unspecified atom stereocenters. The molecule has 34 heavy (non-hydrogen) atoms. The van der Waals surface area contributed by atoms with Gasteiger partial charge in [0.05, 0.1) is 10.6 Å². The third-order valence-corrected chi connectivity index (χ3v) is 6.29. The molecule has 11 heteroatoms. The summed E-state index contributed by atoms with van der Waals surface area (Å²) in [5, 5.41) is 12.9. The van der Waals surface area contributed by atoms with Gasteiger partial charge in [0.1, 0.15) is 17.4 Å². The highest BCUT2D eigenvalue weighted by Crippen LogP contribution is 2.25. The molecule has 0 aliphatic carbocycles. The molecule has 0 aliphatic rings. The molecule has 4 aromatic rings. The normalized spacial score (nSPS) is 11.0. The number of benzene rings is 3. The van der Waals surface area contributed by atoms with Crippen molar-refractivity contribution in [2.75, 3.05) is 10.0 Å². The highest BCUT2D eigenvalue weighted by molar-refractivity contribution is 7.92. The molecule has 1 heterocycles. The van der Waals surface area contributed by atoms with Crippen LogP contribution in [0.2, 0.25) is 5.02 Å². The van der Waals surface area contributed by atoms with Gasteiger partial charge < -0.3 is 5.32 Å². The summed E-state index contributed by atoms with van der Waals surface area (Å²) in [7, 11) is -4.01. The number of halogens is 2. The smallest absolute Gasteiger partial charge is 0.270 e. The Labute approximate surface area is 198 Å². The number of nitrogens with zero attached hydrogens (tertiary/aromatic N) is 2. The lowest BCUT2D eigenvalue weighted by Crippen LogP contribution is -2.16. The van der Waals surface area contributed by atoms with Gasteiger partial charge in [0, 0.05) is 22.0 Å². The van der Waals surface area contributed by atoms with Crippen molar-refractivity contribution in [2.24, 2.45) is 0 Å². The van der Waals surface area contributed by atoms with Crippen LogP contribution < -0.4 is 15.6 Å². The van der Waals surface area contributed by atoms with E-state index in [1.807, 2.05) is 6.07 Å². The molecule has 0 saturated heterocycles. The van der Waals surface area contributed by atoms with E-state index in [9.17, 15) is 22.9 Å². The summed E-state index contributed by atoms with van der Waals surface area (Å²) in [6, 6.07) is 19.1. The molecule has 4 rings (SSSR count). The maximum Gasteiger partial charge on any atom is 0.270 e. The SMILES string of the molecule is N#Cc1c(-c2ccc(NS(=O)(=O)c3cccc(F)c3)cc2)nc(Nc2ccc(Cl)cc2)[nH]c1=O. The van der Waals surface area contributed by atoms with Gasteiger partial charge in [-0.2, -0.15) is 5.26 Å². The number of rotatable bonds is 6. The first-order valence-electron chi connectivity index (χ1n) is 9.71. The highest BCUT2D eigenvalue weighted by Gasteiger charge is 2.17. The second-order valence-electron chi connectivity index (χ2n) is 7.02. The summed E-state index contributed by atoms with van der Waals surface area (Å²) in [4.78, 5) is 19.1. The molecule has 0 saturated carbocycles. The number of anilines is 3. The predicted octanol–water partition coefficient (Wildman–Crippen LogP) is 4.65. The van der Waals surface area contributed by atoms with Crippen LogP contribution in [0.4, 0.5) is 21.7 Å². The number of hydrogen-bond acceptors (Lipinski definition) is 6. The highest BCUT2D eigenvalue weighted by atomic mass is 35.5. The number of nitrogens with one attached hydrogen (secondary N) is 3. The fraction of sp³-hybridized carbons (Fsp3) is 0. The lowest BCUT2D eigenvalue weighted by Gasteiger charge is -2.11. The van der Waals surface area contributed by atoms with E-state index >= 15 is 0 Å². The molecule has 0 fully saturated rings. The van der Waals surface area contributed by atoms with E-state index in [1.54, 1.807) is 24.3 Å². The van der Waals surface area contributed by atoms with Crippen molar-refractivity contribution in [3.8, 4) is 17.3 Å². The van der Waals surface area contributed by atoms with Crippen molar-refractivity contribution in [1.29, 1.82) is 5.26 Å². The number of nitriles is 1. The summed E-state index contributed by atoms with van der Waals surface area (Å²) in [6.07, 6.45) is 0. The molecule has 0 aliphatic heterocycles. The van der Waals surface area contributed by atoms with E-state index < -0.39 is 21.4 Å². The van der Waals surface area contributed by atoms with Crippen LogP contribution in [0.3, 0.4) is 0 Å². The van der Waals surface area contributed by atoms with E-state index in [4.69, 9.17) is 11.6 Å². The summed E-state index contributed by atoms with van der Waals surface area (Å²) >= 11 is 5.88. The lowest BCUT2D eigenvalue weighted by molar-refractivity contribution is 0.595. The molecule has 0 atom stereocenters. The number of aromatic nitrogens is 2. The van der Waals surface area contributed by atoms with Crippen molar-refractivity contribution in [1.82, 2.24) is 9.97 Å². The van der Waals surface area contributed by atoms with Gasteiger partial charge in [0.25, 0.3) is 15.6 Å². The number of aromatic amines is 1. The van der Waals surface area contributed by atoms with Crippen molar-refractivity contribution in [3.63, 3.8) is 0 Å². The van der Waals surface area contributed by atoms with Gasteiger partial charge in [-0.3, -0.25) is 14.5 Å². The topological polar surface area (TPSA) is 128 Å². The second kappa shape index (κ2) is 9.35. The molecule has 0 amide bonds. The molecule has 0 radical (unpaired) electrons. The van der Waals surface area contributed by atoms with Crippen molar-refractivity contribution < 1.29 is 12.8 Å². The number of sulfonamides is 1. The summed E-state index contributed by atoms with van der Waals surface area (Å²) in [6.45, 7) is 0. The van der Waals surface area contributed by atoms with Crippen LogP contribution >= 0.6 is 11.6 Å². The van der Waals surface area contributed by atoms with E-state index in [1.165, 1.54) is 36.4 Å². The van der Waals surface area contributed by atoms with Crippen molar-refractivity contribution >= 4 is 38.9 Å². The minimum atomic E-state index is -4.01. The minimum Gasteiger partial charge on any atom is -0.326 e. The van der Waals surface area contributed by atoms with Gasteiger partial charge in [0.15, 0.2) is 0 Å². The quantitative estimate of drug-likeness (QED) is 0.357. The fourth-order valence-electron chi connectivity index (χ4n) is 3.06. The van der Waals surface area contributed by atoms with Crippen LogP contribution in [0.15, 0.2) is 82.5 Å². The third-order valence-electron chi connectivity index (χ3n) is 4.66. The largest absolute Gasteiger partial charge is 0.326 e. The fourth-order valence-corrected chi connectivity index (χ4v) is 4.28. The molecule has 0 bridgehead atoms. The minimum absolute atomic E-state index is 0.109. The van der Waals surface area contributed by atoms with Gasteiger partial charge in [-0.1, -0.05) is 29.8 Å². The average molecular weight is 496 g/mol. The summed E-state index contributed by atoms with van der Waals surface area (Å²) < 4.78 is 40.8. The summed E-state index contributed by atoms with van der Waals surface area (Å²) in [5.41, 5.74) is 0.508.